The number of nitrogens with zero attached hydrogens (tertiary/aromatic N) is 1. The lowest BCUT2D eigenvalue weighted by Gasteiger charge is -2.29. The molecule has 1 aromatic rings. The van der Waals surface area contributed by atoms with Crippen LogP contribution < -0.4 is 0 Å². The second-order valence-corrected chi connectivity index (χ2v) is 7.63. The van der Waals surface area contributed by atoms with Crippen LogP contribution in [0.2, 0.25) is 0 Å². The second kappa shape index (κ2) is 4.15. The summed E-state index contributed by atoms with van der Waals surface area (Å²) in [4.78, 5) is 11.5. The van der Waals surface area contributed by atoms with E-state index in [0.29, 0.717) is 23.9 Å². The van der Waals surface area contributed by atoms with Crippen molar-refractivity contribution in [3.63, 3.8) is 0 Å². The Morgan fingerprint density at radius 1 is 1.32 bits per heavy atom. The van der Waals surface area contributed by atoms with Gasteiger partial charge in [-0.3, -0.25) is 0 Å². The van der Waals surface area contributed by atoms with Crippen LogP contribution in [0.1, 0.15) is 18.4 Å². The number of sulfonamides is 1. The molecule has 1 aliphatic carbocycles. The molecule has 2 atom stereocenters. The average Bonchev–Trinajstić information content (AvgIpc) is 3.13. The molecule has 2 aliphatic rings. The molecular weight excluding hydrogens is 262 g/mol. The molecule has 1 saturated carbocycles. The minimum absolute atomic E-state index is 0.318. The van der Waals surface area contributed by atoms with Gasteiger partial charge in [0.15, 0.2) is 0 Å². The summed E-state index contributed by atoms with van der Waals surface area (Å²) in [6.45, 7) is 2.79. The molecule has 0 amide bonds. The normalized spacial score (nSPS) is 30.7. The number of carbonyl (C=O) groups excluding carboxylic acids is 1. The van der Waals surface area contributed by atoms with Crippen LogP contribution in [0.15, 0.2) is 29.2 Å². The van der Waals surface area contributed by atoms with Crippen molar-refractivity contribution in [3.8, 4) is 0 Å². The number of piperidine rings is 1. The molecule has 102 valence electrons. The van der Waals surface area contributed by atoms with Crippen molar-refractivity contribution in [1.29, 1.82) is 0 Å². The Hall–Kier alpha value is -1.20. The van der Waals surface area contributed by atoms with Gasteiger partial charge in [-0.15, -0.1) is 0 Å². The third-order valence-electron chi connectivity index (χ3n) is 4.37. The molecule has 0 unspecified atom stereocenters. The molecule has 4 nitrogen and oxygen atoms in total. The summed E-state index contributed by atoms with van der Waals surface area (Å²) < 4.78 is 26.5. The van der Waals surface area contributed by atoms with E-state index in [1.54, 1.807) is 24.3 Å². The molecule has 1 saturated heterocycles. The smallest absolute Gasteiger partial charge is 0.243 e. The SMILES string of the molecule is Cc1ccc(S(=O)(=O)N2CC[C@@H]3C[C@]3(C=O)C2)cc1. The van der Waals surface area contributed by atoms with Crippen LogP contribution in [0, 0.1) is 18.3 Å². The number of hydrogen-bond acceptors (Lipinski definition) is 3. The number of fused-ring (bicyclic) bond motifs is 1. The minimum Gasteiger partial charge on any atom is -0.303 e. The second-order valence-electron chi connectivity index (χ2n) is 5.69. The highest BCUT2D eigenvalue weighted by Crippen LogP contribution is 2.56. The molecule has 0 aromatic heterocycles. The zero-order chi connectivity index (χ0) is 13.7. The van der Waals surface area contributed by atoms with Crippen LogP contribution in [0.25, 0.3) is 0 Å². The fourth-order valence-corrected chi connectivity index (χ4v) is 4.47. The third kappa shape index (κ3) is 2.01. The Balaban J connectivity index is 1.88. The number of rotatable bonds is 3. The van der Waals surface area contributed by atoms with Crippen molar-refractivity contribution in [1.82, 2.24) is 4.31 Å². The molecule has 0 radical (unpaired) electrons. The fraction of sp³-hybridized carbons (Fsp3) is 0.500. The van der Waals surface area contributed by atoms with Gasteiger partial charge < -0.3 is 4.79 Å². The number of hydrogen-bond donors (Lipinski definition) is 0. The van der Waals surface area contributed by atoms with E-state index in [1.165, 1.54) is 4.31 Å². The van der Waals surface area contributed by atoms with Gasteiger partial charge >= 0.3 is 0 Å². The summed E-state index contributed by atoms with van der Waals surface area (Å²) in [5.74, 6) is 0.398. The summed E-state index contributed by atoms with van der Waals surface area (Å²) in [5, 5.41) is 0. The first kappa shape index (κ1) is 12.8. The van der Waals surface area contributed by atoms with Crippen molar-refractivity contribution >= 4 is 16.3 Å². The maximum Gasteiger partial charge on any atom is 0.243 e. The Labute approximate surface area is 113 Å². The first-order valence-corrected chi connectivity index (χ1v) is 7.95. The van der Waals surface area contributed by atoms with Crippen molar-refractivity contribution in [2.75, 3.05) is 13.1 Å². The van der Waals surface area contributed by atoms with Gasteiger partial charge in [-0.05, 0) is 37.8 Å². The van der Waals surface area contributed by atoms with Gasteiger partial charge in [0.25, 0.3) is 0 Å². The molecule has 1 aromatic carbocycles. The molecule has 0 spiro atoms. The fourth-order valence-electron chi connectivity index (χ4n) is 2.94. The van der Waals surface area contributed by atoms with Gasteiger partial charge in [-0.25, -0.2) is 8.42 Å². The summed E-state index contributed by atoms with van der Waals surface area (Å²) in [7, 11) is -3.46. The highest BCUT2D eigenvalue weighted by molar-refractivity contribution is 7.89. The average molecular weight is 279 g/mol. The molecule has 1 aliphatic heterocycles. The van der Waals surface area contributed by atoms with Crippen LogP contribution in [-0.2, 0) is 14.8 Å². The molecule has 5 heteroatoms. The summed E-state index contributed by atoms with van der Waals surface area (Å²) >= 11 is 0. The lowest BCUT2D eigenvalue weighted by atomic mass is 10.0. The lowest BCUT2D eigenvalue weighted by Crippen LogP contribution is -2.41. The van der Waals surface area contributed by atoms with E-state index in [-0.39, 0.29) is 0 Å². The van der Waals surface area contributed by atoms with Gasteiger partial charge in [-0.1, -0.05) is 17.7 Å². The Morgan fingerprint density at radius 2 is 2.00 bits per heavy atom. The van der Waals surface area contributed by atoms with Crippen LogP contribution in [0.3, 0.4) is 0 Å². The van der Waals surface area contributed by atoms with E-state index in [9.17, 15) is 13.2 Å². The van der Waals surface area contributed by atoms with Crippen molar-refractivity contribution in [2.45, 2.75) is 24.7 Å². The first-order valence-electron chi connectivity index (χ1n) is 6.51. The predicted octanol–water partition coefficient (Wildman–Crippen LogP) is 1.59. The third-order valence-corrected chi connectivity index (χ3v) is 6.23. The van der Waals surface area contributed by atoms with E-state index in [4.69, 9.17) is 0 Å². The zero-order valence-electron chi connectivity index (χ0n) is 10.9. The molecule has 3 rings (SSSR count). The largest absolute Gasteiger partial charge is 0.303 e. The monoisotopic (exact) mass is 279 g/mol. The van der Waals surface area contributed by atoms with Crippen molar-refractivity contribution in [2.24, 2.45) is 11.3 Å². The molecular formula is C14H17NO3S. The van der Waals surface area contributed by atoms with Gasteiger partial charge in [0.1, 0.15) is 6.29 Å². The van der Waals surface area contributed by atoms with Crippen LogP contribution in [0.4, 0.5) is 0 Å². The standard InChI is InChI=1S/C14H17NO3S/c1-11-2-4-13(5-3-11)19(17,18)15-7-6-12-8-14(12,9-15)10-16/h2-5,10,12H,6-9H2,1H3/t12-,14-/m1/s1. The van der Waals surface area contributed by atoms with Crippen LogP contribution in [0.5, 0.6) is 0 Å². The highest BCUT2D eigenvalue weighted by atomic mass is 32.2. The topological polar surface area (TPSA) is 54.5 Å². The maximum absolute atomic E-state index is 12.5. The highest BCUT2D eigenvalue weighted by Gasteiger charge is 2.58. The first-order chi connectivity index (χ1) is 8.98. The van der Waals surface area contributed by atoms with Gasteiger partial charge in [0, 0.05) is 18.5 Å². The Morgan fingerprint density at radius 3 is 2.63 bits per heavy atom. The van der Waals surface area contributed by atoms with E-state index < -0.39 is 15.4 Å². The van der Waals surface area contributed by atoms with E-state index in [2.05, 4.69) is 0 Å². The molecule has 0 N–H and O–H groups in total. The molecule has 0 bridgehead atoms. The van der Waals surface area contributed by atoms with Gasteiger partial charge in [-0.2, -0.15) is 4.31 Å². The van der Waals surface area contributed by atoms with Gasteiger partial charge in [0.05, 0.1) is 4.90 Å². The number of carbonyl (C=O) groups is 1. The van der Waals surface area contributed by atoms with Crippen molar-refractivity contribution in [3.05, 3.63) is 29.8 Å². The van der Waals surface area contributed by atoms with Gasteiger partial charge in [0.2, 0.25) is 10.0 Å². The van der Waals surface area contributed by atoms with E-state index >= 15 is 0 Å². The maximum atomic E-state index is 12.5. The quantitative estimate of drug-likeness (QED) is 0.790. The van der Waals surface area contributed by atoms with E-state index in [0.717, 1.165) is 24.7 Å². The van der Waals surface area contributed by atoms with Crippen molar-refractivity contribution < 1.29 is 13.2 Å². The molecule has 1 heterocycles. The van der Waals surface area contributed by atoms with Crippen LogP contribution >= 0.6 is 0 Å². The lowest BCUT2D eigenvalue weighted by molar-refractivity contribution is -0.113. The summed E-state index contributed by atoms with van der Waals surface area (Å²) in [6, 6.07) is 6.87. The predicted molar refractivity (Wildman–Crippen MR) is 71.2 cm³/mol. The summed E-state index contributed by atoms with van der Waals surface area (Å²) in [5.41, 5.74) is 0.639. The minimum atomic E-state index is -3.46. The Kier molecular flexibility index (Phi) is 2.80. The number of benzene rings is 1. The van der Waals surface area contributed by atoms with E-state index in [1.807, 2.05) is 6.92 Å². The molecule has 2 fully saturated rings. The Bertz CT molecular complexity index is 608. The number of aldehydes is 1. The summed E-state index contributed by atoms with van der Waals surface area (Å²) in [6.07, 6.45) is 2.59. The van der Waals surface area contributed by atoms with Crippen LogP contribution in [-0.4, -0.2) is 32.1 Å². The zero-order valence-corrected chi connectivity index (χ0v) is 11.7. The number of aryl methyl sites for hydroxylation is 1. The molecule has 19 heavy (non-hydrogen) atoms.